The molecule has 0 amide bonds. The minimum atomic E-state index is -1.44. The molecular weight excluding hydrogens is 222 g/mol. The summed E-state index contributed by atoms with van der Waals surface area (Å²) in [6.45, 7) is 1.24. The van der Waals surface area contributed by atoms with Gasteiger partial charge in [-0.1, -0.05) is 0 Å². The Labute approximate surface area is 84.3 Å². The van der Waals surface area contributed by atoms with E-state index in [-0.39, 0.29) is 18.5 Å². The van der Waals surface area contributed by atoms with E-state index in [1.807, 2.05) is 0 Å². The molecule has 1 rings (SSSR count). The summed E-state index contributed by atoms with van der Waals surface area (Å²) in [7, 11) is 0. The van der Waals surface area contributed by atoms with Crippen LogP contribution in [0.4, 0.5) is 17.6 Å². The smallest absolute Gasteiger partial charge is 0.166 e. The summed E-state index contributed by atoms with van der Waals surface area (Å²) in [6, 6.07) is -0.943. The van der Waals surface area contributed by atoms with Crippen molar-refractivity contribution in [2.75, 3.05) is 0 Å². The third-order valence-electron chi connectivity index (χ3n) is 1.60. The highest BCUT2D eigenvalue weighted by Gasteiger charge is 2.21. The Kier molecular flexibility index (Phi) is 4.35. The minimum absolute atomic E-state index is 0. The van der Waals surface area contributed by atoms with Gasteiger partial charge in [0.25, 0.3) is 0 Å². The summed E-state index contributed by atoms with van der Waals surface area (Å²) in [5.41, 5.74) is 4.37. The molecule has 0 saturated heterocycles. The van der Waals surface area contributed by atoms with Crippen molar-refractivity contribution in [1.29, 1.82) is 0 Å². The number of benzene rings is 1. The fraction of sp³-hybridized carbons (Fsp3) is 0.250. The molecule has 0 radical (unpaired) electrons. The van der Waals surface area contributed by atoms with Crippen molar-refractivity contribution < 1.29 is 17.6 Å². The first kappa shape index (κ1) is 13.2. The van der Waals surface area contributed by atoms with Gasteiger partial charge in [-0.2, -0.15) is 0 Å². The van der Waals surface area contributed by atoms with Crippen molar-refractivity contribution in [3.63, 3.8) is 0 Å². The highest BCUT2D eigenvalue weighted by molar-refractivity contribution is 5.85. The Balaban J connectivity index is 0.00000169. The van der Waals surface area contributed by atoms with Crippen molar-refractivity contribution in [3.8, 4) is 0 Å². The normalized spacial score (nSPS) is 12.1. The Hall–Kier alpha value is -0.810. The van der Waals surface area contributed by atoms with Crippen LogP contribution in [-0.2, 0) is 0 Å². The fourth-order valence-corrected chi connectivity index (χ4v) is 0.991. The van der Waals surface area contributed by atoms with Gasteiger partial charge in [-0.15, -0.1) is 12.4 Å². The lowest BCUT2D eigenvalue weighted by atomic mass is 10.1. The molecule has 0 aliphatic carbocycles. The molecule has 0 aromatic heterocycles. The molecule has 0 spiro atoms. The maximum Gasteiger partial charge on any atom is 0.166 e. The first-order chi connectivity index (χ1) is 5.95. The lowest BCUT2D eigenvalue weighted by Crippen LogP contribution is -2.13. The standard InChI is InChI=1S/C8H7F4N.ClH/c1-3(13)6-7(11)4(9)2-5(10)8(6)12;/h2-3H,13H2,1H3;1H/t3-;/m1./s1. The molecule has 0 aliphatic rings. The van der Waals surface area contributed by atoms with Crippen LogP contribution in [0.1, 0.15) is 18.5 Å². The molecule has 1 aromatic rings. The van der Waals surface area contributed by atoms with Crippen molar-refractivity contribution >= 4 is 12.4 Å². The first-order valence-corrected chi connectivity index (χ1v) is 3.53. The lowest BCUT2D eigenvalue weighted by Gasteiger charge is -2.09. The SMILES string of the molecule is C[C@@H](N)c1c(F)c(F)cc(F)c1F.Cl. The highest BCUT2D eigenvalue weighted by Crippen LogP contribution is 2.23. The van der Waals surface area contributed by atoms with E-state index < -0.39 is 34.9 Å². The second kappa shape index (κ2) is 4.61. The first-order valence-electron chi connectivity index (χ1n) is 3.53. The number of hydrogen-bond acceptors (Lipinski definition) is 1. The summed E-state index contributed by atoms with van der Waals surface area (Å²) in [4.78, 5) is 0. The van der Waals surface area contributed by atoms with Gasteiger partial charge in [0.2, 0.25) is 0 Å². The van der Waals surface area contributed by atoms with Gasteiger partial charge in [0.1, 0.15) is 0 Å². The minimum Gasteiger partial charge on any atom is -0.324 e. The third-order valence-corrected chi connectivity index (χ3v) is 1.60. The van der Waals surface area contributed by atoms with Gasteiger partial charge in [0, 0.05) is 17.7 Å². The molecule has 6 heteroatoms. The summed E-state index contributed by atoms with van der Waals surface area (Å²) in [5, 5.41) is 0. The van der Waals surface area contributed by atoms with E-state index in [2.05, 4.69) is 0 Å². The molecule has 80 valence electrons. The van der Waals surface area contributed by atoms with E-state index >= 15 is 0 Å². The molecule has 1 nitrogen and oxygen atoms in total. The number of halogens is 5. The number of nitrogens with two attached hydrogens (primary N) is 1. The van der Waals surface area contributed by atoms with E-state index in [9.17, 15) is 17.6 Å². The monoisotopic (exact) mass is 229 g/mol. The highest BCUT2D eigenvalue weighted by atomic mass is 35.5. The fourth-order valence-electron chi connectivity index (χ4n) is 0.991. The predicted molar refractivity (Wildman–Crippen MR) is 46.1 cm³/mol. The average Bonchev–Trinajstić information content (AvgIpc) is 2.01. The van der Waals surface area contributed by atoms with Crippen LogP contribution in [0.15, 0.2) is 6.07 Å². The van der Waals surface area contributed by atoms with E-state index in [0.29, 0.717) is 0 Å². The molecule has 0 aliphatic heterocycles. The van der Waals surface area contributed by atoms with E-state index in [4.69, 9.17) is 5.73 Å². The molecule has 1 aromatic carbocycles. The Morgan fingerprint density at radius 1 is 1.07 bits per heavy atom. The molecule has 1 atom stereocenters. The van der Waals surface area contributed by atoms with Crippen LogP contribution < -0.4 is 5.73 Å². The second-order valence-corrected chi connectivity index (χ2v) is 2.67. The lowest BCUT2D eigenvalue weighted by molar-refractivity contribution is 0.430. The number of hydrogen-bond donors (Lipinski definition) is 1. The van der Waals surface area contributed by atoms with Crippen LogP contribution in [0.3, 0.4) is 0 Å². The molecule has 0 saturated carbocycles. The van der Waals surface area contributed by atoms with Crippen molar-refractivity contribution in [2.24, 2.45) is 5.73 Å². The van der Waals surface area contributed by atoms with Gasteiger partial charge in [0.05, 0.1) is 0 Å². The Morgan fingerprint density at radius 2 is 1.43 bits per heavy atom. The predicted octanol–water partition coefficient (Wildman–Crippen LogP) is 2.68. The second-order valence-electron chi connectivity index (χ2n) is 2.67. The zero-order valence-corrected chi connectivity index (χ0v) is 7.97. The summed E-state index contributed by atoms with van der Waals surface area (Å²) < 4.78 is 50.7. The zero-order chi connectivity index (χ0) is 10.2. The van der Waals surface area contributed by atoms with Crippen molar-refractivity contribution in [3.05, 3.63) is 34.9 Å². The molecule has 14 heavy (non-hydrogen) atoms. The molecule has 0 fully saturated rings. The van der Waals surface area contributed by atoms with Crippen molar-refractivity contribution in [1.82, 2.24) is 0 Å². The summed E-state index contributed by atoms with van der Waals surface area (Å²) >= 11 is 0. The quantitative estimate of drug-likeness (QED) is 0.582. The molecule has 0 heterocycles. The summed E-state index contributed by atoms with van der Waals surface area (Å²) in [5.74, 6) is -5.75. The van der Waals surface area contributed by atoms with Gasteiger partial charge < -0.3 is 5.73 Å². The largest absolute Gasteiger partial charge is 0.324 e. The summed E-state index contributed by atoms with van der Waals surface area (Å²) in [6.07, 6.45) is 0. The van der Waals surface area contributed by atoms with Crippen LogP contribution in [0, 0.1) is 23.3 Å². The third kappa shape index (κ3) is 2.16. The Morgan fingerprint density at radius 3 is 1.71 bits per heavy atom. The Bertz CT molecular complexity index is 314. The van der Waals surface area contributed by atoms with Gasteiger partial charge in [0.15, 0.2) is 23.3 Å². The van der Waals surface area contributed by atoms with Crippen LogP contribution in [0.2, 0.25) is 0 Å². The molecular formula is C8H8ClF4N. The van der Waals surface area contributed by atoms with E-state index in [0.717, 1.165) is 0 Å². The molecule has 0 bridgehead atoms. The maximum absolute atomic E-state index is 12.8. The molecule has 2 N–H and O–H groups in total. The maximum atomic E-state index is 12.8. The topological polar surface area (TPSA) is 26.0 Å². The van der Waals surface area contributed by atoms with Crippen LogP contribution >= 0.6 is 12.4 Å². The van der Waals surface area contributed by atoms with Gasteiger partial charge in [-0.3, -0.25) is 0 Å². The average molecular weight is 230 g/mol. The molecule has 0 unspecified atom stereocenters. The van der Waals surface area contributed by atoms with E-state index in [1.54, 1.807) is 0 Å². The van der Waals surface area contributed by atoms with E-state index in [1.165, 1.54) is 6.92 Å². The van der Waals surface area contributed by atoms with Crippen LogP contribution in [0.25, 0.3) is 0 Å². The number of rotatable bonds is 1. The zero-order valence-electron chi connectivity index (χ0n) is 7.15. The van der Waals surface area contributed by atoms with Gasteiger partial charge >= 0.3 is 0 Å². The van der Waals surface area contributed by atoms with Crippen molar-refractivity contribution in [2.45, 2.75) is 13.0 Å². The van der Waals surface area contributed by atoms with Crippen LogP contribution in [0.5, 0.6) is 0 Å². The van der Waals surface area contributed by atoms with Crippen LogP contribution in [-0.4, -0.2) is 0 Å². The van der Waals surface area contributed by atoms with Gasteiger partial charge in [-0.25, -0.2) is 17.6 Å². The van der Waals surface area contributed by atoms with Gasteiger partial charge in [-0.05, 0) is 6.92 Å².